The lowest BCUT2D eigenvalue weighted by Crippen LogP contribution is -2.34. The molecular formula is C16H21ClN6O. The van der Waals surface area contributed by atoms with Crippen LogP contribution in [0.25, 0.3) is 0 Å². The second-order valence-electron chi connectivity index (χ2n) is 5.43. The van der Waals surface area contributed by atoms with Gasteiger partial charge in [-0.05, 0) is 19.0 Å². The van der Waals surface area contributed by atoms with E-state index in [4.69, 9.17) is 23.1 Å². The number of nitrogens with two attached hydrogens (primary N) is 2. The number of nitrogens with one attached hydrogen (secondary N) is 1. The monoisotopic (exact) mass is 348 g/mol. The van der Waals surface area contributed by atoms with Crippen molar-refractivity contribution in [1.82, 2.24) is 20.2 Å². The van der Waals surface area contributed by atoms with E-state index in [-0.39, 0.29) is 22.5 Å². The molecule has 0 aliphatic carbocycles. The predicted octanol–water partition coefficient (Wildman–Crippen LogP) is 1.20. The van der Waals surface area contributed by atoms with E-state index in [1.165, 1.54) is 5.56 Å². The van der Waals surface area contributed by atoms with E-state index in [0.29, 0.717) is 13.1 Å². The molecule has 0 bridgehead atoms. The molecular weight excluding hydrogens is 328 g/mol. The van der Waals surface area contributed by atoms with Crippen molar-refractivity contribution in [2.45, 2.75) is 6.42 Å². The van der Waals surface area contributed by atoms with Gasteiger partial charge in [0.05, 0.1) is 0 Å². The average molecular weight is 349 g/mol. The summed E-state index contributed by atoms with van der Waals surface area (Å²) in [5, 5.41) is 2.72. The number of hydrogen-bond donors (Lipinski definition) is 3. The summed E-state index contributed by atoms with van der Waals surface area (Å²) in [7, 11) is 2.00. The molecule has 1 amide bonds. The second-order valence-corrected chi connectivity index (χ2v) is 5.79. The molecule has 1 aromatic heterocycles. The highest BCUT2D eigenvalue weighted by molar-refractivity contribution is 6.31. The number of nitrogens with zero attached hydrogens (tertiary/aromatic N) is 3. The molecule has 24 heavy (non-hydrogen) atoms. The first-order valence-corrected chi connectivity index (χ1v) is 7.94. The summed E-state index contributed by atoms with van der Waals surface area (Å²) in [6.07, 6.45) is 0.956. The molecule has 0 aliphatic heterocycles. The number of hydrogen-bond acceptors (Lipinski definition) is 6. The number of carbonyl (C=O) groups excluding carboxylic acids is 1. The summed E-state index contributed by atoms with van der Waals surface area (Å²) in [5.74, 6) is -0.448. The zero-order chi connectivity index (χ0) is 17.5. The van der Waals surface area contributed by atoms with Crippen LogP contribution in [0, 0.1) is 0 Å². The SMILES string of the molecule is CN(CCNC(=O)c1nc(Cl)c(N)nc1N)CCc1ccccc1. The van der Waals surface area contributed by atoms with Gasteiger partial charge in [0, 0.05) is 19.6 Å². The van der Waals surface area contributed by atoms with Crippen LogP contribution in [0.2, 0.25) is 5.15 Å². The first kappa shape index (κ1) is 18.0. The number of carbonyl (C=O) groups is 1. The molecule has 8 heteroatoms. The highest BCUT2D eigenvalue weighted by Gasteiger charge is 2.15. The van der Waals surface area contributed by atoms with Gasteiger partial charge in [-0.2, -0.15) is 0 Å². The van der Waals surface area contributed by atoms with Crippen molar-refractivity contribution in [3.8, 4) is 0 Å². The van der Waals surface area contributed by atoms with Crippen molar-refractivity contribution in [3.05, 3.63) is 46.7 Å². The summed E-state index contributed by atoms with van der Waals surface area (Å²) in [4.78, 5) is 21.9. The van der Waals surface area contributed by atoms with Gasteiger partial charge in [-0.3, -0.25) is 4.79 Å². The van der Waals surface area contributed by atoms with Crippen molar-refractivity contribution >= 4 is 29.1 Å². The maximum absolute atomic E-state index is 12.1. The Morgan fingerprint density at radius 1 is 1.17 bits per heavy atom. The normalized spacial score (nSPS) is 10.8. The Balaban J connectivity index is 1.77. The van der Waals surface area contributed by atoms with Crippen molar-refractivity contribution in [1.29, 1.82) is 0 Å². The maximum Gasteiger partial charge on any atom is 0.273 e. The number of benzene rings is 1. The van der Waals surface area contributed by atoms with Crippen LogP contribution >= 0.6 is 11.6 Å². The summed E-state index contributed by atoms with van der Waals surface area (Å²) in [5.41, 5.74) is 12.4. The quantitative estimate of drug-likeness (QED) is 0.693. The van der Waals surface area contributed by atoms with Crippen LogP contribution in [0.3, 0.4) is 0 Å². The molecule has 2 rings (SSSR count). The van der Waals surface area contributed by atoms with Crippen molar-refractivity contribution < 1.29 is 4.79 Å². The standard InChI is InChI=1S/C16H21ClN6O/c1-23(9-7-11-5-3-2-4-6-11)10-8-20-16(24)12-14(18)22-15(19)13(17)21-12/h2-6H,7-10H2,1H3,(H,20,24)(H4,18,19,22). The van der Waals surface area contributed by atoms with Crippen LogP contribution in [-0.4, -0.2) is 47.5 Å². The Hall–Kier alpha value is -2.38. The number of aromatic nitrogens is 2. The van der Waals surface area contributed by atoms with Crippen molar-refractivity contribution in [2.24, 2.45) is 0 Å². The first-order chi connectivity index (χ1) is 11.5. The van der Waals surface area contributed by atoms with Crippen LogP contribution in [0.5, 0.6) is 0 Å². The highest BCUT2D eigenvalue weighted by atomic mass is 35.5. The van der Waals surface area contributed by atoms with E-state index in [0.717, 1.165) is 13.0 Å². The number of nitrogen functional groups attached to an aromatic ring is 2. The average Bonchev–Trinajstić information content (AvgIpc) is 2.57. The van der Waals surface area contributed by atoms with Crippen molar-refractivity contribution in [3.63, 3.8) is 0 Å². The van der Waals surface area contributed by atoms with E-state index < -0.39 is 5.91 Å². The summed E-state index contributed by atoms with van der Waals surface area (Å²) >= 11 is 5.77. The van der Waals surface area contributed by atoms with Gasteiger partial charge in [-0.25, -0.2) is 9.97 Å². The Morgan fingerprint density at radius 3 is 2.58 bits per heavy atom. The molecule has 0 atom stereocenters. The zero-order valence-electron chi connectivity index (χ0n) is 13.5. The van der Waals surface area contributed by atoms with Gasteiger partial charge in [-0.1, -0.05) is 41.9 Å². The molecule has 0 spiro atoms. The van der Waals surface area contributed by atoms with Gasteiger partial charge in [0.2, 0.25) is 0 Å². The largest absolute Gasteiger partial charge is 0.382 e. The third-order valence-electron chi connectivity index (χ3n) is 3.52. The van der Waals surface area contributed by atoms with Crippen LogP contribution in [-0.2, 0) is 6.42 Å². The molecule has 5 N–H and O–H groups in total. The van der Waals surface area contributed by atoms with Gasteiger partial charge in [0.15, 0.2) is 22.5 Å². The Labute approximate surface area is 146 Å². The molecule has 0 unspecified atom stereocenters. The minimum Gasteiger partial charge on any atom is -0.382 e. The number of halogens is 1. The van der Waals surface area contributed by atoms with Gasteiger partial charge < -0.3 is 21.7 Å². The van der Waals surface area contributed by atoms with Crippen LogP contribution in [0.4, 0.5) is 11.6 Å². The predicted molar refractivity (Wildman–Crippen MR) is 95.8 cm³/mol. The molecule has 1 heterocycles. The second kappa shape index (κ2) is 8.47. The Kier molecular flexibility index (Phi) is 6.34. The van der Waals surface area contributed by atoms with Crippen LogP contribution in [0.1, 0.15) is 16.1 Å². The molecule has 7 nitrogen and oxygen atoms in total. The van der Waals surface area contributed by atoms with E-state index in [1.807, 2.05) is 25.2 Å². The lowest BCUT2D eigenvalue weighted by atomic mass is 10.1. The Bertz CT molecular complexity index is 694. The minimum absolute atomic E-state index is 0.00589. The van der Waals surface area contributed by atoms with Gasteiger partial charge in [0.25, 0.3) is 5.91 Å². The van der Waals surface area contributed by atoms with E-state index in [2.05, 4.69) is 32.3 Å². The lowest BCUT2D eigenvalue weighted by Gasteiger charge is -2.17. The first-order valence-electron chi connectivity index (χ1n) is 7.56. The third-order valence-corrected chi connectivity index (χ3v) is 3.80. The fraction of sp³-hybridized carbons (Fsp3) is 0.312. The van der Waals surface area contributed by atoms with Gasteiger partial charge >= 0.3 is 0 Å². The molecule has 0 aliphatic rings. The van der Waals surface area contributed by atoms with E-state index in [1.54, 1.807) is 0 Å². The van der Waals surface area contributed by atoms with Crippen LogP contribution in [0.15, 0.2) is 30.3 Å². The minimum atomic E-state index is -0.418. The van der Waals surface area contributed by atoms with E-state index in [9.17, 15) is 4.79 Å². The van der Waals surface area contributed by atoms with Crippen molar-refractivity contribution in [2.75, 3.05) is 38.1 Å². The number of anilines is 2. The zero-order valence-corrected chi connectivity index (χ0v) is 14.3. The lowest BCUT2D eigenvalue weighted by molar-refractivity contribution is 0.0945. The topological polar surface area (TPSA) is 110 Å². The maximum atomic E-state index is 12.1. The molecule has 0 saturated heterocycles. The molecule has 0 saturated carbocycles. The fourth-order valence-electron chi connectivity index (χ4n) is 2.13. The van der Waals surface area contributed by atoms with Crippen LogP contribution < -0.4 is 16.8 Å². The number of amides is 1. The van der Waals surface area contributed by atoms with Gasteiger partial charge in [-0.15, -0.1) is 0 Å². The third kappa shape index (κ3) is 5.07. The molecule has 128 valence electrons. The summed E-state index contributed by atoms with van der Waals surface area (Å²) in [6, 6.07) is 10.3. The molecule has 0 fully saturated rings. The number of likely N-dealkylation sites (N-methyl/N-ethyl adjacent to an activating group) is 1. The summed E-state index contributed by atoms with van der Waals surface area (Å²) in [6.45, 7) is 2.07. The Morgan fingerprint density at radius 2 is 1.88 bits per heavy atom. The number of rotatable bonds is 7. The molecule has 2 aromatic rings. The van der Waals surface area contributed by atoms with E-state index >= 15 is 0 Å². The molecule has 1 aromatic carbocycles. The summed E-state index contributed by atoms with van der Waals surface area (Å²) < 4.78 is 0. The molecule has 0 radical (unpaired) electrons. The van der Waals surface area contributed by atoms with Gasteiger partial charge in [0.1, 0.15) is 0 Å². The fourth-order valence-corrected chi connectivity index (χ4v) is 2.26. The highest BCUT2D eigenvalue weighted by Crippen LogP contribution is 2.17. The smallest absolute Gasteiger partial charge is 0.273 e.